The zero-order chi connectivity index (χ0) is 13.8. The average Bonchev–Trinajstić information content (AvgIpc) is 2.36. The fraction of sp³-hybridized carbons (Fsp3) is 0.143. The molecule has 98 valence electrons. The standard InChI is InChI=1S/C14H12F2N2O/c1-9-2-4-10(5-3-9)8-13(19)17-11-6-7-12(15)18-14(11)16/h2-7H,8H2,1H3,(H,17,19). The van der Waals surface area contributed by atoms with Crippen molar-refractivity contribution in [3.8, 4) is 0 Å². The molecule has 0 atom stereocenters. The second-order valence-corrected chi connectivity index (χ2v) is 4.18. The number of rotatable bonds is 3. The van der Waals surface area contributed by atoms with E-state index in [9.17, 15) is 13.6 Å². The zero-order valence-electron chi connectivity index (χ0n) is 10.3. The highest BCUT2D eigenvalue weighted by Crippen LogP contribution is 2.12. The Balaban J connectivity index is 2.03. The zero-order valence-corrected chi connectivity index (χ0v) is 10.3. The van der Waals surface area contributed by atoms with Crippen molar-refractivity contribution in [3.63, 3.8) is 0 Å². The average molecular weight is 262 g/mol. The lowest BCUT2D eigenvalue weighted by Crippen LogP contribution is -2.16. The molecule has 1 N–H and O–H groups in total. The molecule has 0 unspecified atom stereocenters. The number of carbonyl (C=O) groups excluding carboxylic acids is 1. The van der Waals surface area contributed by atoms with Crippen molar-refractivity contribution >= 4 is 11.6 Å². The van der Waals surface area contributed by atoms with Crippen LogP contribution in [0.4, 0.5) is 14.5 Å². The van der Waals surface area contributed by atoms with Crippen LogP contribution in [0.3, 0.4) is 0 Å². The third-order valence-electron chi connectivity index (χ3n) is 2.57. The van der Waals surface area contributed by atoms with Gasteiger partial charge in [0.2, 0.25) is 17.8 Å². The first-order valence-corrected chi connectivity index (χ1v) is 5.72. The molecule has 1 amide bonds. The Bertz CT molecular complexity index is 597. The number of hydrogen-bond donors (Lipinski definition) is 1. The van der Waals surface area contributed by atoms with Gasteiger partial charge in [-0.2, -0.15) is 13.8 Å². The van der Waals surface area contributed by atoms with Crippen LogP contribution in [-0.4, -0.2) is 10.9 Å². The number of pyridine rings is 1. The Morgan fingerprint density at radius 2 is 1.84 bits per heavy atom. The van der Waals surface area contributed by atoms with Crippen LogP contribution in [0.5, 0.6) is 0 Å². The van der Waals surface area contributed by atoms with Crippen LogP contribution < -0.4 is 5.32 Å². The summed E-state index contributed by atoms with van der Waals surface area (Å²) < 4.78 is 25.8. The first kappa shape index (κ1) is 13.1. The maximum absolute atomic E-state index is 13.2. The Hall–Kier alpha value is -2.30. The van der Waals surface area contributed by atoms with Gasteiger partial charge in [-0.15, -0.1) is 0 Å². The number of aromatic nitrogens is 1. The molecule has 0 saturated heterocycles. The van der Waals surface area contributed by atoms with E-state index < -0.39 is 11.9 Å². The van der Waals surface area contributed by atoms with Crippen molar-refractivity contribution in [1.82, 2.24) is 4.98 Å². The van der Waals surface area contributed by atoms with E-state index in [4.69, 9.17) is 0 Å². The van der Waals surface area contributed by atoms with Gasteiger partial charge in [-0.3, -0.25) is 4.79 Å². The Labute approximate surface area is 109 Å². The number of nitrogens with one attached hydrogen (secondary N) is 1. The molecule has 1 aromatic carbocycles. The summed E-state index contributed by atoms with van der Waals surface area (Å²) in [5, 5.41) is 2.36. The largest absolute Gasteiger partial charge is 0.322 e. The van der Waals surface area contributed by atoms with Crippen LogP contribution >= 0.6 is 0 Å². The summed E-state index contributed by atoms with van der Waals surface area (Å²) in [7, 11) is 0. The topological polar surface area (TPSA) is 42.0 Å². The molecule has 0 aliphatic heterocycles. The van der Waals surface area contributed by atoms with Gasteiger partial charge in [0.05, 0.1) is 12.1 Å². The summed E-state index contributed by atoms with van der Waals surface area (Å²) in [6.07, 6.45) is 0.122. The van der Waals surface area contributed by atoms with Crippen molar-refractivity contribution in [2.45, 2.75) is 13.3 Å². The molecule has 1 heterocycles. The molecule has 2 aromatic rings. The molecular formula is C14H12F2N2O. The molecule has 0 saturated carbocycles. The summed E-state index contributed by atoms with van der Waals surface area (Å²) >= 11 is 0. The molecule has 2 rings (SSSR count). The highest BCUT2D eigenvalue weighted by Gasteiger charge is 2.09. The van der Waals surface area contributed by atoms with Gasteiger partial charge < -0.3 is 5.32 Å². The van der Waals surface area contributed by atoms with Gasteiger partial charge in [-0.05, 0) is 24.6 Å². The van der Waals surface area contributed by atoms with E-state index >= 15 is 0 Å². The second kappa shape index (κ2) is 5.56. The van der Waals surface area contributed by atoms with E-state index in [1.807, 2.05) is 31.2 Å². The van der Waals surface area contributed by atoms with Crippen LogP contribution in [0, 0.1) is 18.8 Å². The SMILES string of the molecule is Cc1ccc(CC(=O)Nc2ccc(F)nc2F)cc1. The third-order valence-corrected chi connectivity index (χ3v) is 2.57. The number of aryl methyl sites for hydroxylation is 1. The summed E-state index contributed by atoms with van der Waals surface area (Å²) in [4.78, 5) is 14.7. The van der Waals surface area contributed by atoms with Crippen molar-refractivity contribution < 1.29 is 13.6 Å². The van der Waals surface area contributed by atoms with Gasteiger partial charge in [0.15, 0.2) is 0 Å². The Kier molecular flexibility index (Phi) is 3.85. The molecule has 1 aromatic heterocycles. The maximum atomic E-state index is 13.2. The molecule has 19 heavy (non-hydrogen) atoms. The Morgan fingerprint density at radius 1 is 1.16 bits per heavy atom. The number of halogens is 2. The smallest absolute Gasteiger partial charge is 0.239 e. The first-order chi connectivity index (χ1) is 9.04. The summed E-state index contributed by atoms with van der Waals surface area (Å²) in [5.41, 5.74) is 1.79. The first-order valence-electron chi connectivity index (χ1n) is 5.72. The minimum atomic E-state index is -1.03. The molecule has 0 aliphatic rings. The summed E-state index contributed by atoms with van der Waals surface area (Å²) in [6.45, 7) is 1.95. The predicted molar refractivity (Wildman–Crippen MR) is 67.7 cm³/mol. The molecule has 0 fully saturated rings. The van der Waals surface area contributed by atoms with E-state index in [1.165, 1.54) is 0 Å². The van der Waals surface area contributed by atoms with Crippen molar-refractivity contribution in [3.05, 3.63) is 59.4 Å². The van der Waals surface area contributed by atoms with Crippen LogP contribution in [-0.2, 0) is 11.2 Å². The Morgan fingerprint density at radius 3 is 2.47 bits per heavy atom. The maximum Gasteiger partial charge on any atom is 0.239 e. The minimum absolute atomic E-state index is 0.122. The van der Waals surface area contributed by atoms with E-state index in [0.29, 0.717) is 0 Å². The van der Waals surface area contributed by atoms with Gasteiger partial charge in [0.25, 0.3) is 0 Å². The fourth-order valence-electron chi connectivity index (χ4n) is 1.59. The van der Waals surface area contributed by atoms with Crippen LogP contribution in [0.15, 0.2) is 36.4 Å². The number of amides is 1. The van der Waals surface area contributed by atoms with E-state index in [0.717, 1.165) is 23.3 Å². The number of carbonyl (C=O) groups is 1. The minimum Gasteiger partial charge on any atom is -0.322 e. The third kappa shape index (κ3) is 3.58. The summed E-state index contributed by atoms with van der Waals surface area (Å²) in [6, 6.07) is 9.57. The van der Waals surface area contributed by atoms with E-state index in [2.05, 4.69) is 10.3 Å². The highest BCUT2D eigenvalue weighted by atomic mass is 19.1. The van der Waals surface area contributed by atoms with Crippen molar-refractivity contribution in [1.29, 1.82) is 0 Å². The molecule has 0 aliphatic carbocycles. The number of anilines is 1. The monoisotopic (exact) mass is 262 g/mol. The fourth-order valence-corrected chi connectivity index (χ4v) is 1.59. The van der Waals surface area contributed by atoms with Gasteiger partial charge in [0, 0.05) is 0 Å². The second-order valence-electron chi connectivity index (χ2n) is 4.18. The van der Waals surface area contributed by atoms with E-state index in [1.54, 1.807) is 0 Å². The van der Waals surface area contributed by atoms with Crippen molar-refractivity contribution in [2.75, 3.05) is 5.32 Å². The molecule has 3 nitrogen and oxygen atoms in total. The molecule has 0 spiro atoms. The molecule has 0 radical (unpaired) electrons. The van der Waals surface area contributed by atoms with Crippen LogP contribution in [0.1, 0.15) is 11.1 Å². The lowest BCUT2D eigenvalue weighted by Gasteiger charge is -2.06. The van der Waals surface area contributed by atoms with E-state index in [-0.39, 0.29) is 18.0 Å². The van der Waals surface area contributed by atoms with Crippen LogP contribution in [0.2, 0.25) is 0 Å². The number of nitrogens with zero attached hydrogens (tertiary/aromatic N) is 1. The van der Waals surface area contributed by atoms with Crippen LogP contribution in [0.25, 0.3) is 0 Å². The quantitative estimate of drug-likeness (QED) is 0.864. The normalized spacial score (nSPS) is 10.3. The lowest BCUT2D eigenvalue weighted by molar-refractivity contribution is -0.115. The molecule has 5 heteroatoms. The highest BCUT2D eigenvalue weighted by molar-refractivity contribution is 5.92. The van der Waals surface area contributed by atoms with Crippen molar-refractivity contribution in [2.24, 2.45) is 0 Å². The van der Waals surface area contributed by atoms with Gasteiger partial charge in [-0.1, -0.05) is 29.8 Å². The molecule has 0 bridgehead atoms. The van der Waals surface area contributed by atoms with Gasteiger partial charge >= 0.3 is 0 Å². The van der Waals surface area contributed by atoms with Gasteiger partial charge in [-0.25, -0.2) is 0 Å². The van der Waals surface area contributed by atoms with Gasteiger partial charge in [0.1, 0.15) is 0 Å². The predicted octanol–water partition coefficient (Wildman–Crippen LogP) is 2.85. The number of benzene rings is 1. The summed E-state index contributed by atoms with van der Waals surface area (Å²) in [5.74, 6) is -2.33. The number of hydrogen-bond acceptors (Lipinski definition) is 2. The lowest BCUT2D eigenvalue weighted by atomic mass is 10.1. The molecular weight excluding hydrogens is 250 g/mol.